The van der Waals surface area contributed by atoms with E-state index in [0.29, 0.717) is 0 Å². The van der Waals surface area contributed by atoms with E-state index in [4.69, 9.17) is 0 Å². The van der Waals surface area contributed by atoms with Crippen LogP contribution in [0.2, 0.25) is 0 Å². The molecule has 0 radical (unpaired) electrons. The van der Waals surface area contributed by atoms with E-state index in [-0.39, 0.29) is 18.0 Å². The summed E-state index contributed by atoms with van der Waals surface area (Å²) in [6, 6.07) is 25.8. The minimum Gasteiger partial charge on any atom is -0.207 e. The number of benzene rings is 3. The molecule has 0 saturated carbocycles. The smallest absolute Gasteiger partial charge is 0.207 e. The zero-order valence-electron chi connectivity index (χ0n) is 16.2. The highest BCUT2D eigenvalue weighted by Gasteiger charge is 2.22. The second-order valence-electron chi connectivity index (χ2n) is 6.42. The molecule has 0 aliphatic carbocycles. The summed E-state index contributed by atoms with van der Waals surface area (Å²) >= 11 is 0. The van der Waals surface area contributed by atoms with E-state index in [1.165, 1.54) is 4.31 Å². The van der Waals surface area contributed by atoms with Crippen LogP contribution in [0.15, 0.2) is 89.8 Å². The van der Waals surface area contributed by atoms with Crippen molar-refractivity contribution >= 4 is 10.0 Å². The zero-order valence-corrected chi connectivity index (χ0v) is 17.0. The van der Waals surface area contributed by atoms with Crippen molar-refractivity contribution in [3.8, 4) is 23.7 Å². The molecule has 0 atom stereocenters. The molecule has 0 heterocycles. The van der Waals surface area contributed by atoms with Crippen LogP contribution >= 0.6 is 0 Å². The van der Waals surface area contributed by atoms with E-state index in [9.17, 15) is 8.42 Å². The standard InChI is InChI=1S/C25H21NO2S/c1-22-16-18-25(19-17-22)29(27,28)26(20-8-14-23-10-4-2-5-11-23)21-9-15-24-12-6-3-7-13-24/h2-7,10-13,16-19H,20-21H2,1H3. The molecule has 0 aliphatic rings. The monoisotopic (exact) mass is 399 g/mol. The summed E-state index contributed by atoms with van der Waals surface area (Å²) in [6.45, 7) is 2.05. The third kappa shape index (κ3) is 5.83. The van der Waals surface area contributed by atoms with Crippen LogP contribution in [0.25, 0.3) is 0 Å². The SMILES string of the molecule is Cc1ccc(S(=O)(=O)N(CC#Cc2ccccc2)CC#Cc2ccccc2)cc1. The largest absolute Gasteiger partial charge is 0.244 e. The lowest BCUT2D eigenvalue weighted by molar-refractivity contribution is 0.482. The molecule has 3 nitrogen and oxygen atoms in total. The summed E-state index contributed by atoms with van der Waals surface area (Å²) in [5.41, 5.74) is 2.69. The van der Waals surface area contributed by atoms with Gasteiger partial charge in [0, 0.05) is 11.1 Å². The highest BCUT2D eigenvalue weighted by atomic mass is 32.2. The summed E-state index contributed by atoms with van der Waals surface area (Å²) in [7, 11) is -3.70. The zero-order chi connectivity index (χ0) is 20.5. The first-order valence-electron chi connectivity index (χ1n) is 9.20. The number of hydrogen-bond donors (Lipinski definition) is 0. The molecular weight excluding hydrogens is 378 g/mol. The number of nitrogens with zero attached hydrogens (tertiary/aromatic N) is 1. The van der Waals surface area contributed by atoms with Gasteiger partial charge in [0.05, 0.1) is 18.0 Å². The molecule has 29 heavy (non-hydrogen) atoms. The quantitative estimate of drug-likeness (QED) is 0.620. The molecule has 0 fully saturated rings. The highest BCUT2D eigenvalue weighted by Crippen LogP contribution is 2.16. The Balaban J connectivity index is 1.85. The van der Waals surface area contributed by atoms with Gasteiger partial charge in [0.15, 0.2) is 0 Å². The lowest BCUT2D eigenvalue weighted by Crippen LogP contribution is -2.32. The Kier molecular flexibility index (Phi) is 6.87. The van der Waals surface area contributed by atoms with Crippen LogP contribution in [0, 0.1) is 30.6 Å². The predicted molar refractivity (Wildman–Crippen MR) is 117 cm³/mol. The van der Waals surface area contributed by atoms with Crippen LogP contribution < -0.4 is 0 Å². The normalized spacial score (nSPS) is 10.6. The van der Waals surface area contributed by atoms with Crippen molar-refractivity contribution in [1.82, 2.24) is 4.31 Å². The fourth-order valence-electron chi connectivity index (χ4n) is 2.59. The van der Waals surface area contributed by atoms with Gasteiger partial charge in [-0.25, -0.2) is 8.42 Å². The molecule has 0 aliphatic heterocycles. The predicted octanol–water partition coefficient (Wildman–Crippen LogP) is 4.09. The molecule has 0 aromatic heterocycles. The fraction of sp³-hybridized carbons (Fsp3) is 0.120. The Morgan fingerprint density at radius 3 is 1.59 bits per heavy atom. The second-order valence-corrected chi connectivity index (χ2v) is 8.36. The van der Waals surface area contributed by atoms with Crippen LogP contribution in [0.5, 0.6) is 0 Å². The van der Waals surface area contributed by atoms with Gasteiger partial charge in [0.2, 0.25) is 10.0 Å². The van der Waals surface area contributed by atoms with Gasteiger partial charge in [-0.05, 0) is 43.3 Å². The second kappa shape index (κ2) is 9.75. The van der Waals surface area contributed by atoms with E-state index in [1.807, 2.05) is 67.6 Å². The van der Waals surface area contributed by atoms with E-state index in [0.717, 1.165) is 16.7 Å². The molecule has 0 N–H and O–H groups in total. The first-order chi connectivity index (χ1) is 14.1. The van der Waals surface area contributed by atoms with Crippen molar-refractivity contribution in [2.45, 2.75) is 11.8 Å². The maximum atomic E-state index is 13.1. The third-order valence-electron chi connectivity index (χ3n) is 4.18. The molecule has 0 amide bonds. The van der Waals surface area contributed by atoms with E-state index < -0.39 is 10.0 Å². The third-order valence-corrected chi connectivity index (χ3v) is 5.99. The molecule has 4 heteroatoms. The molecular formula is C25H21NO2S. The van der Waals surface area contributed by atoms with Gasteiger partial charge in [-0.1, -0.05) is 77.8 Å². The lowest BCUT2D eigenvalue weighted by atomic mass is 10.2. The molecule has 3 rings (SSSR count). The average Bonchev–Trinajstić information content (AvgIpc) is 2.74. The number of sulfonamides is 1. The lowest BCUT2D eigenvalue weighted by Gasteiger charge is -2.17. The minimum atomic E-state index is -3.70. The maximum Gasteiger partial charge on any atom is 0.244 e. The Morgan fingerprint density at radius 2 is 1.14 bits per heavy atom. The number of hydrogen-bond acceptors (Lipinski definition) is 2. The van der Waals surface area contributed by atoms with Crippen molar-refractivity contribution in [1.29, 1.82) is 0 Å². The summed E-state index contributed by atoms with van der Waals surface area (Å²) in [5.74, 6) is 12.0. The molecule has 0 unspecified atom stereocenters. The van der Waals surface area contributed by atoms with Gasteiger partial charge in [0.25, 0.3) is 0 Å². The van der Waals surface area contributed by atoms with Crippen LogP contribution in [0.4, 0.5) is 0 Å². The summed E-state index contributed by atoms with van der Waals surface area (Å²) in [6.07, 6.45) is 0. The van der Waals surface area contributed by atoms with E-state index in [2.05, 4.69) is 23.7 Å². The minimum absolute atomic E-state index is 0.0641. The van der Waals surface area contributed by atoms with Gasteiger partial charge in [-0.3, -0.25) is 0 Å². The first-order valence-corrected chi connectivity index (χ1v) is 10.6. The van der Waals surface area contributed by atoms with Crippen molar-refractivity contribution < 1.29 is 8.42 Å². The van der Waals surface area contributed by atoms with Crippen molar-refractivity contribution in [2.24, 2.45) is 0 Å². The van der Waals surface area contributed by atoms with Crippen molar-refractivity contribution in [3.63, 3.8) is 0 Å². The Labute approximate surface area is 173 Å². The van der Waals surface area contributed by atoms with E-state index >= 15 is 0 Å². The van der Waals surface area contributed by atoms with E-state index in [1.54, 1.807) is 24.3 Å². The van der Waals surface area contributed by atoms with Crippen LogP contribution in [0.1, 0.15) is 16.7 Å². The molecule has 144 valence electrons. The van der Waals surface area contributed by atoms with Gasteiger partial charge < -0.3 is 0 Å². The fourth-order valence-corrected chi connectivity index (χ4v) is 3.83. The summed E-state index contributed by atoms with van der Waals surface area (Å²) in [5, 5.41) is 0. The van der Waals surface area contributed by atoms with Gasteiger partial charge >= 0.3 is 0 Å². The topological polar surface area (TPSA) is 37.4 Å². The molecule has 0 bridgehead atoms. The Bertz CT molecular complexity index is 1100. The van der Waals surface area contributed by atoms with Crippen molar-refractivity contribution in [3.05, 3.63) is 102 Å². The van der Waals surface area contributed by atoms with Crippen LogP contribution in [0.3, 0.4) is 0 Å². The van der Waals surface area contributed by atoms with Crippen LogP contribution in [-0.4, -0.2) is 25.8 Å². The van der Waals surface area contributed by atoms with Gasteiger partial charge in [-0.2, -0.15) is 4.31 Å². The highest BCUT2D eigenvalue weighted by molar-refractivity contribution is 7.89. The van der Waals surface area contributed by atoms with Crippen LogP contribution in [-0.2, 0) is 10.0 Å². The summed E-state index contributed by atoms with van der Waals surface area (Å²) in [4.78, 5) is 0.242. The molecule has 0 spiro atoms. The maximum absolute atomic E-state index is 13.1. The first kappa shape index (κ1) is 20.4. The Morgan fingerprint density at radius 1 is 0.690 bits per heavy atom. The number of aryl methyl sites for hydroxylation is 1. The molecule has 0 saturated heterocycles. The Hall–Kier alpha value is -3.31. The average molecular weight is 400 g/mol. The molecule has 3 aromatic rings. The van der Waals surface area contributed by atoms with Crippen molar-refractivity contribution in [2.75, 3.05) is 13.1 Å². The summed E-state index contributed by atoms with van der Waals surface area (Å²) < 4.78 is 27.5. The number of rotatable bonds is 4. The van der Waals surface area contributed by atoms with Gasteiger partial charge in [-0.15, -0.1) is 0 Å². The molecule has 3 aromatic carbocycles. The van der Waals surface area contributed by atoms with Gasteiger partial charge in [0.1, 0.15) is 0 Å².